The van der Waals surface area contributed by atoms with Crippen LogP contribution in [0.4, 0.5) is 0 Å². The molecular formula is BaO6SrZr2. The van der Waals surface area contributed by atoms with Crippen molar-refractivity contribution in [2.24, 2.45) is 0 Å². The molecule has 0 bridgehead atoms. The first-order valence-corrected chi connectivity index (χ1v) is 7.25. The Bertz CT molecular complexity index is 73.7. The molecule has 0 aromatic heterocycles. The molecule has 0 N–H and O–H groups in total. The van der Waals surface area contributed by atoms with E-state index < -0.39 is 45.3 Å². The molecule has 0 radical (unpaired) electrons. The molecule has 0 fully saturated rings. The van der Waals surface area contributed by atoms with Crippen LogP contribution in [0.1, 0.15) is 0 Å². The van der Waals surface area contributed by atoms with Gasteiger partial charge in [0.25, 0.3) is 0 Å². The van der Waals surface area contributed by atoms with Crippen molar-refractivity contribution in [2.45, 2.75) is 0 Å². The molecule has 0 aliphatic heterocycles. The summed E-state index contributed by atoms with van der Waals surface area (Å²) in [6.07, 6.45) is 0. The van der Waals surface area contributed by atoms with Crippen LogP contribution in [0.2, 0.25) is 0 Å². The van der Waals surface area contributed by atoms with Crippen molar-refractivity contribution in [3.63, 3.8) is 0 Å². The minimum Gasteiger partial charge on any atom is 2.00 e. The van der Waals surface area contributed by atoms with Gasteiger partial charge in [0.15, 0.2) is 0 Å². The predicted molar refractivity (Wildman–Crippen MR) is 12.9 cm³/mol. The molecule has 0 atom stereocenters. The van der Waals surface area contributed by atoms with E-state index in [4.69, 9.17) is 18.4 Å². The zero-order valence-electron chi connectivity index (χ0n) is 4.86. The van der Waals surface area contributed by atoms with Gasteiger partial charge in [-0.3, -0.25) is 0 Å². The average Bonchev–Trinajstić information content (AvgIpc) is 1.25. The topological polar surface area (TPSA) is 126 Å². The first kappa shape index (κ1) is 23.8. The van der Waals surface area contributed by atoms with E-state index in [1.165, 1.54) is 0 Å². The van der Waals surface area contributed by atoms with Crippen molar-refractivity contribution in [3.8, 4) is 0 Å². The summed E-state index contributed by atoms with van der Waals surface area (Å²) < 4.78 is 51.7. The Kier molecular flexibility index (Phi) is 45.1. The number of hydrogen-bond acceptors (Lipinski definition) is 6. The van der Waals surface area contributed by atoms with Gasteiger partial charge in [0.2, 0.25) is 0 Å². The Morgan fingerprint density at radius 3 is 0.800 bits per heavy atom. The van der Waals surface area contributed by atoms with Gasteiger partial charge in [-0.15, -0.1) is 0 Å². The summed E-state index contributed by atoms with van der Waals surface area (Å²) in [6, 6.07) is 0. The monoisotopic (exact) mass is 502 g/mol. The van der Waals surface area contributed by atoms with E-state index >= 15 is 0 Å². The van der Waals surface area contributed by atoms with Gasteiger partial charge >= 0.3 is 158 Å². The van der Waals surface area contributed by atoms with Crippen molar-refractivity contribution >= 4 is 94.4 Å². The van der Waals surface area contributed by atoms with Gasteiger partial charge in [-0.05, 0) is 0 Å². The smallest absolute Gasteiger partial charge is 2.00 e. The van der Waals surface area contributed by atoms with Gasteiger partial charge in [-0.1, -0.05) is 0 Å². The minimum absolute atomic E-state index is 0. The van der Waals surface area contributed by atoms with Crippen molar-refractivity contribution < 1.29 is 63.6 Å². The van der Waals surface area contributed by atoms with E-state index in [1.54, 1.807) is 0 Å². The van der Waals surface area contributed by atoms with Crippen LogP contribution in [-0.4, -0.2) is 94.4 Å². The predicted octanol–water partition coefficient (Wildman–Crippen LogP) is -5.76. The second-order valence-electron chi connectivity index (χ2n) is 0.500. The summed E-state index contributed by atoms with van der Waals surface area (Å²) in [4.78, 5) is 0. The van der Waals surface area contributed by atoms with E-state index in [-0.39, 0.29) is 94.4 Å². The van der Waals surface area contributed by atoms with E-state index in [0.29, 0.717) is 0 Å². The van der Waals surface area contributed by atoms with Crippen molar-refractivity contribution in [2.75, 3.05) is 0 Å². The van der Waals surface area contributed by atoms with E-state index in [1.807, 2.05) is 0 Å². The quantitative estimate of drug-likeness (QED) is 0.304. The van der Waals surface area contributed by atoms with E-state index in [0.717, 1.165) is 0 Å². The maximum atomic E-state index is 8.61. The van der Waals surface area contributed by atoms with Gasteiger partial charge in [0, 0.05) is 0 Å². The third-order valence-electron chi connectivity index (χ3n) is 0. The van der Waals surface area contributed by atoms with Crippen LogP contribution < -0.4 is 12.7 Å². The standard InChI is InChI=1S/Ba.6O.Sr.2Zr/q+2;;;4*-1;+2;;. The summed E-state index contributed by atoms with van der Waals surface area (Å²) in [7, 11) is 0. The van der Waals surface area contributed by atoms with Gasteiger partial charge in [0.1, 0.15) is 0 Å². The van der Waals surface area contributed by atoms with Crippen molar-refractivity contribution in [3.05, 3.63) is 0 Å². The van der Waals surface area contributed by atoms with Gasteiger partial charge in [-0.25, -0.2) is 0 Å². The Morgan fingerprint density at radius 1 is 0.800 bits per heavy atom. The SMILES string of the molecule is [Ba+2].[O]=[Zr]([O-])[O-].[O]=[Zr]([O-])[O-].[Sr+2]. The fraction of sp³-hybridized carbons (Fsp3) is 0. The summed E-state index contributed by atoms with van der Waals surface area (Å²) in [5.74, 6) is 0. The molecule has 0 heterocycles. The molecular weight excluding hydrogens is 503 g/mol. The van der Waals surface area contributed by atoms with Gasteiger partial charge in [-0.2, -0.15) is 0 Å². The molecule has 0 aromatic carbocycles. The number of rotatable bonds is 0. The Balaban J connectivity index is -0.0000000300. The number of hydrogen-bond donors (Lipinski definition) is 0. The Hall–Kier alpha value is 4.26. The Labute approximate surface area is 153 Å². The molecule has 0 saturated heterocycles. The third-order valence-corrected chi connectivity index (χ3v) is 0. The fourth-order valence-corrected chi connectivity index (χ4v) is 0. The van der Waals surface area contributed by atoms with Crippen LogP contribution in [0.5, 0.6) is 0 Å². The molecule has 0 aliphatic rings. The largest absolute Gasteiger partial charge is 2.00 e. The zero-order chi connectivity index (χ0) is 7.15. The maximum absolute atomic E-state index is 8.61. The van der Waals surface area contributed by atoms with Crippen LogP contribution in [0.25, 0.3) is 0 Å². The molecule has 0 rings (SSSR count). The first-order chi connectivity index (χ1) is 3.46. The zero-order valence-corrected chi connectivity index (χ0v) is 17.7. The fourth-order valence-electron chi connectivity index (χ4n) is 0. The van der Waals surface area contributed by atoms with E-state index in [9.17, 15) is 0 Å². The maximum Gasteiger partial charge on any atom is 2.00 e. The van der Waals surface area contributed by atoms with Crippen LogP contribution in [0, 0.1) is 0 Å². The minimum atomic E-state index is -4.29. The molecule has 0 aromatic rings. The Morgan fingerprint density at radius 2 is 0.800 bits per heavy atom. The average molecular weight is 503 g/mol. The summed E-state index contributed by atoms with van der Waals surface area (Å²) >= 11 is -8.59. The molecule has 0 spiro atoms. The molecule has 10 heteroatoms. The molecule has 0 saturated carbocycles. The molecule has 0 amide bonds. The summed E-state index contributed by atoms with van der Waals surface area (Å²) in [6.45, 7) is 0. The third kappa shape index (κ3) is 85.7. The second-order valence-corrected chi connectivity index (χ2v) is 2.96. The summed E-state index contributed by atoms with van der Waals surface area (Å²) in [5, 5.41) is 0. The van der Waals surface area contributed by atoms with Crippen molar-refractivity contribution in [1.82, 2.24) is 0 Å². The summed E-state index contributed by atoms with van der Waals surface area (Å²) in [5.41, 5.74) is 0. The normalized spacial score (nSPS) is 5.20. The van der Waals surface area contributed by atoms with Crippen LogP contribution in [0.15, 0.2) is 0 Å². The molecule has 48 valence electrons. The second kappa shape index (κ2) is 18.9. The molecule has 6 nitrogen and oxygen atoms in total. The van der Waals surface area contributed by atoms with Crippen LogP contribution in [0.3, 0.4) is 0 Å². The molecule has 0 unspecified atom stereocenters. The van der Waals surface area contributed by atoms with E-state index in [2.05, 4.69) is 0 Å². The van der Waals surface area contributed by atoms with Crippen LogP contribution >= 0.6 is 0 Å². The van der Waals surface area contributed by atoms with Crippen LogP contribution in [-0.2, 0) is 50.9 Å². The first-order valence-electron chi connectivity index (χ1n) is 1.22. The van der Waals surface area contributed by atoms with Crippen molar-refractivity contribution in [1.29, 1.82) is 0 Å². The van der Waals surface area contributed by atoms with Gasteiger partial charge in [0.05, 0.1) is 0 Å². The molecule has 10 heavy (non-hydrogen) atoms. The molecule has 0 aliphatic carbocycles. The van der Waals surface area contributed by atoms with Gasteiger partial charge < -0.3 is 0 Å².